The van der Waals surface area contributed by atoms with Crippen LogP contribution in [0.2, 0.25) is 0 Å². The van der Waals surface area contributed by atoms with E-state index in [0.29, 0.717) is 19.5 Å². The summed E-state index contributed by atoms with van der Waals surface area (Å²) in [6, 6.07) is 17.9. The first-order valence-electron chi connectivity index (χ1n) is 7.93. The van der Waals surface area contributed by atoms with Gasteiger partial charge in [0, 0.05) is 19.5 Å². The van der Waals surface area contributed by atoms with Crippen LogP contribution < -0.4 is 15.4 Å². The molecule has 0 aliphatic heterocycles. The van der Waals surface area contributed by atoms with Gasteiger partial charge in [0.25, 0.3) is 0 Å². The first-order valence-corrected chi connectivity index (χ1v) is 7.93. The maximum absolute atomic E-state index is 11.8. The fourth-order valence-electron chi connectivity index (χ4n) is 2.34. The summed E-state index contributed by atoms with van der Waals surface area (Å²) >= 11 is 0. The Morgan fingerprint density at radius 1 is 1.00 bits per heavy atom. The van der Waals surface area contributed by atoms with Crippen LogP contribution in [0.1, 0.15) is 17.5 Å². The molecule has 2 aromatic rings. The molecule has 2 aromatic carbocycles. The van der Waals surface area contributed by atoms with E-state index in [1.165, 1.54) is 5.56 Å². The van der Waals surface area contributed by atoms with E-state index < -0.39 is 0 Å². The van der Waals surface area contributed by atoms with Crippen molar-refractivity contribution < 1.29 is 9.53 Å². The number of benzene rings is 2. The summed E-state index contributed by atoms with van der Waals surface area (Å²) in [6.07, 6.45) is 1.37. The number of carbonyl (C=O) groups excluding carboxylic acids is 1. The van der Waals surface area contributed by atoms with Gasteiger partial charge in [0.1, 0.15) is 5.75 Å². The van der Waals surface area contributed by atoms with Gasteiger partial charge in [-0.1, -0.05) is 48.5 Å². The standard InChI is InChI=1S/C19H24N2O2/c1-23-18-10-6-5-9-17(18)11-13-20-14-12-19(22)21-15-16-7-3-2-4-8-16/h2-10,20H,11-15H2,1H3,(H,21,22). The molecule has 4 heteroatoms. The van der Waals surface area contributed by atoms with Crippen molar-refractivity contribution in [1.29, 1.82) is 0 Å². The van der Waals surface area contributed by atoms with Gasteiger partial charge in [-0.2, -0.15) is 0 Å². The van der Waals surface area contributed by atoms with Gasteiger partial charge in [0.05, 0.1) is 7.11 Å². The lowest BCUT2D eigenvalue weighted by Crippen LogP contribution is -2.28. The predicted octanol–water partition coefficient (Wildman–Crippen LogP) is 2.53. The molecule has 0 bridgehead atoms. The van der Waals surface area contributed by atoms with Crippen LogP contribution in [-0.4, -0.2) is 26.1 Å². The highest BCUT2D eigenvalue weighted by Gasteiger charge is 2.03. The van der Waals surface area contributed by atoms with E-state index >= 15 is 0 Å². The summed E-state index contributed by atoms with van der Waals surface area (Å²) in [5.41, 5.74) is 2.29. The fourth-order valence-corrected chi connectivity index (χ4v) is 2.34. The molecule has 0 fully saturated rings. The zero-order valence-corrected chi connectivity index (χ0v) is 13.5. The summed E-state index contributed by atoms with van der Waals surface area (Å²) in [4.78, 5) is 11.8. The first kappa shape index (κ1) is 17.0. The molecule has 1 amide bonds. The number of nitrogens with one attached hydrogen (secondary N) is 2. The van der Waals surface area contributed by atoms with Crippen LogP contribution in [0.15, 0.2) is 54.6 Å². The molecule has 0 heterocycles. The maximum Gasteiger partial charge on any atom is 0.221 e. The highest BCUT2D eigenvalue weighted by atomic mass is 16.5. The van der Waals surface area contributed by atoms with Crippen molar-refractivity contribution in [2.45, 2.75) is 19.4 Å². The van der Waals surface area contributed by atoms with E-state index in [1.807, 2.05) is 48.5 Å². The quantitative estimate of drug-likeness (QED) is 0.700. The molecule has 0 aromatic heterocycles. The van der Waals surface area contributed by atoms with E-state index in [9.17, 15) is 4.79 Å². The Morgan fingerprint density at radius 2 is 1.74 bits per heavy atom. The van der Waals surface area contributed by atoms with Gasteiger partial charge in [-0.15, -0.1) is 0 Å². The molecule has 2 rings (SSSR count). The summed E-state index contributed by atoms with van der Waals surface area (Å²) in [5.74, 6) is 0.980. The molecule has 23 heavy (non-hydrogen) atoms. The molecule has 122 valence electrons. The normalized spacial score (nSPS) is 10.3. The lowest BCUT2D eigenvalue weighted by molar-refractivity contribution is -0.121. The number of amides is 1. The van der Waals surface area contributed by atoms with Crippen LogP contribution in [0.25, 0.3) is 0 Å². The number of hydrogen-bond donors (Lipinski definition) is 2. The Balaban J connectivity index is 1.59. The topological polar surface area (TPSA) is 50.4 Å². The minimum Gasteiger partial charge on any atom is -0.496 e. The fraction of sp³-hybridized carbons (Fsp3) is 0.316. The van der Waals surface area contributed by atoms with Crippen molar-refractivity contribution in [3.05, 3.63) is 65.7 Å². The van der Waals surface area contributed by atoms with Crippen LogP contribution in [0, 0.1) is 0 Å². The van der Waals surface area contributed by atoms with E-state index in [1.54, 1.807) is 7.11 Å². The third-order valence-electron chi connectivity index (χ3n) is 3.62. The number of hydrogen-bond acceptors (Lipinski definition) is 3. The summed E-state index contributed by atoms with van der Waals surface area (Å²) in [5, 5.41) is 6.22. The maximum atomic E-state index is 11.8. The van der Waals surface area contributed by atoms with Gasteiger partial charge in [-0.3, -0.25) is 4.79 Å². The lowest BCUT2D eigenvalue weighted by atomic mass is 10.1. The summed E-state index contributed by atoms with van der Waals surface area (Å²) < 4.78 is 5.32. The SMILES string of the molecule is COc1ccccc1CCNCCC(=O)NCc1ccccc1. The minimum absolute atomic E-state index is 0.0682. The zero-order valence-electron chi connectivity index (χ0n) is 13.5. The monoisotopic (exact) mass is 312 g/mol. The molecule has 4 nitrogen and oxygen atoms in total. The Bertz CT molecular complexity index is 599. The minimum atomic E-state index is 0.0682. The van der Waals surface area contributed by atoms with Crippen LogP contribution >= 0.6 is 0 Å². The third-order valence-corrected chi connectivity index (χ3v) is 3.62. The van der Waals surface area contributed by atoms with Crippen molar-refractivity contribution in [1.82, 2.24) is 10.6 Å². The van der Waals surface area contributed by atoms with Crippen LogP contribution in [0.4, 0.5) is 0 Å². The Labute approximate surface area is 137 Å². The predicted molar refractivity (Wildman–Crippen MR) is 92.5 cm³/mol. The highest BCUT2D eigenvalue weighted by Crippen LogP contribution is 2.17. The molecule has 0 unspecified atom stereocenters. The second-order valence-electron chi connectivity index (χ2n) is 5.32. The second kappa shape index (κ2) is 9.64. The number of carbonyl (C=O) groups is 1. The Kier molecular flexibility index (Phi) is 7.14. The van der Waals surface area contributed by atoms with Crippen LogP contribution in [-0.2, 0) is 17.8 Å². The molecule has 0 aliphatic carbocycles. The molecule has 0 saturated carbocycles. The van der Waals surface area contributed by atoms with Gasteiger partial charge in [-0.05, 0) is 30.2 Å². The number of methoxy groups -OCH3 is 1. The summed E-state index contributed by atoms with van der Waals surface area (Å²) in [6.45, 7) is 2.09. The van der Waals surface area contributed by atoms with E-state index in [0.717, 1.165) is 24.3 Å². The molecular formula is C19H24N2O2. The summed E-state index contributed by atoms with van der Waals surface area (Å²) in [7, 11) is 1.68. The second-order valence-corrected chi connectivity index (χ2v) is 5.32. The molecule has 0 saturated heterocycles. The number of para-hydroxylation sites is 1. The van der Waals surface area contributed by atoms with Gasteiger partial charge >= 0.3 is 0 Å². The smallest absolute Gasteiger partial charge is 0.221 e. The third kappa shape index (κ3) is 6.12. The molecule has 2 N–H and O–H groups in total. The van der Waals surface area contributed by atoms with E-state index in [-0.39, 0.29) is 5.91 Å². The number of ether oxygens (including phenoxy) is 1. The highest BCUT2D eigenvalue weighted by molar-refractivity contribution is 5.76. The number of rotatable bonds is 9. The molecule has 0 aliphatic rings. The average molecular weight is 312 g/mol. The van der Waals surface area contributed by atoms with Gasteiger partial charge in [-0.25, -0.2) is 0 Å². The first-order chi connectivity index (χ1) is 11.3. The zero-order chi connectivity index (χ0) is 16.3. The van der Waals surface area contributed by atoms with Crippen molar-refractivity contribution >= 4 is 5.91 Å². The van der Waals surface area contributed by atoms with Gasteiger partial charge < -0.3 is 15.4 Å². The average Bonchev–Trinajstić information content (AvgIpc) is 2.61. The largest absolute Gasteiger partial charge is 0.496 e. The molecule has 0 radical (unpaired) electrons. The molecule has 0 spiro atoms. The van der Waals surface area contributed by atoms with Crippen LogP contribution in [0.3, 0.4) is 0 Å². The van der Waals surface area contributed by atoms with Crippen molar-refractivity contribution in [2.75, 3.05) is 20.2 Å². The van der Waals surface area contributed by atoms with Crippen molar-refractivity contribution in [2.24, 2.45) is 0 Å². The lowest BCUT2D eigenvalue weighted by Gasteiger charge is -2.09. The van der Waals surface area contributed by atoms with Crippen molar-refractivity contribution in [3.63, 3.8) is 0 Å². The van der Waals surface area contributed by atoms with Crippen LogP contribution in [0.5, 0.6) is 5.75 Å². The van der Waals surface area contributed by atoms with Gasteiger partial charge in [0.15, 0.2) is 0 Å². The van der Waals surface area contributed by atoms with Crippen molar-refractivity contribution in [3.8, 4) is 5.75 Å². The van der Waals surface area contributed by atoms with E-state index in [2.05, 4.69) is 16.7 Å². The molecule has 0 atom stereocenters. The van der Waals surface area contributed by atoms with Gasteiger partial charge in [0.2, 0.25) is 5.91 Å². The van der Waals surface area contributed by atoms with E-state index in [4.69, 9.17) is 4.74 Å². The molecular weight excluding hydrogens is 288 g/mol. The Morgan fingerprint density at radius 3 is 2.52 bits per heavy atom. The Hall–Kier alpha value is -2.33.